The predicted octanol–water partition coefficient (Wildman–Crippen LogP) is 4.06. The lowest BCUT2D eigenvalue weighted by Crippen LogP contribution is -2.12. The first-order chi connectivity index (χ1) is 8.36. The smallest absolute Gasteiger partial charge is 0.416 e. The number of aliphatic carboxylic acids is 1. The molecule has 1 aromatic rings. The highest BCUT2D eigenvalue weighted by atomic mass is 19.4. The van der Waals surface area contributed by atoms with Crippen LogP contribution in [0.25, 0.3) is 0 Å². The number of benzene rings is 1. The molecule has 0 aliphatic rings. The van der Waals surface area contributed by atoms with E-state index in [1.807, 2.05) is 6.92 Å². The van der Waals surface area contributed by atoms with E-state index in [4.69, 9.17) is 5.11 Å². The number of halogens is 3. The molecule has 18 heavy (non-hydrogen) atoms. The second-order valence-corrected chi connectivity index (χ2v) is 4.15. The molecule has 0 spiro atoms. The zero-order valence-corrected chi connectivity index (χ0v) is 10.00. The predicted molar refractivity (Wildman–Crippen MR) is 61.3 cm³/mol. The van der Waals surface area contributed by atoms with E-state index in [2.05, 4.69) is 0 Å². The van der Waals surface area contributed by atoms with E-state index in [0.717, 1.165) is 25.0 Å². The average molecular weight is 260 g/mol. The van der Waals surface area contributed by atoms with Gasteiger partial charge in [0, 0.05) is 0 Å². The zero-order chi connectivity index (χ0) is 13.8. The van der Waals surface area contributed by atoms with Crippen molar-refractivity contribution in [1.29, 1.82) is 0 Å². The molecule has 5 heteroatoms. The summed E-state index contributed by atoms with van der Waals surface area (Å²) in [6.45, 7) is 1.94. The number of carbonyl (C=O) groups is 1. The maximum Gasteiger partial charge on any atom is 0.416 e. The highest BCUT2D eigenvalue weighted by Gasteiger charge is 2.30. The number of alkyl halides is 3. The molecule has 0 heterocycles. The topological polar surface area (TPSA) is 37.3 Å². The molecule has 1 unspecified atom stereocenters. The lowest BCUT2D eigenvalue weighted by molar-refractivity contribution is -0.139. The average Bonchev–Trinajstić information content (AvgIpc) is 2.28. The van der Waals surface area contributed by atoms with Crippen LogP contribution in [0.1, 0.15) is 43.2 Å². The molecule has 1 rings (SSSR count). The van der Waals surface area contributed by atoms with E-state index in [9.17, 15) is 18.0 Å². The minimum atomic E-state index is -4.39. The molecule has 1 aromatic carbocycles. The zero-order valence-electron chi connectivity index (χ0n) is 10.00. The van der Waals surface area contributed by atoms with Gasteiger partial charge in [-0.25, -0.2) is 0 Å². The third-order valence-electron chi connectivity index (χ3n) is 2.78. The molecule has 1 atom stereocenters. The molecular weight excluding hydrogens is 245 g/mol. The Morgan fingerprint density at radius 2 is 1.83 bits per heavy atom. The van der Waals surface area contributed by atoms with Gasteiger partial charge in [-0.05, 0) is 24.1 Å². The standard InChI is InChI=1S/C13H15F3O2/c1-2-3-4-11(12(17)18)9-5-7-10(8-6-9)13(14,15)16/h5-8,11H,2-4H2,1H3,(H,17,18). The van der Waals surface area contributed by atoms with Crippen LogP contribution in [0.5, 0.6) is 0 Å². The summed E-state index contributed by atoms with van der Waals surface area (Å²) in [4.78, 5) is 11.1. The minimum absolute atomic E-state index is 0.420. The van der Waals surface area contributed by atoms with Crippen molar-refractivity contribution in [2.24, 2.45) is 0 Å². The van der Waals surface area contributed by atoms with E-state index in [1.54, 1.807) is 0 Å². The largest absolute Gasteiger partial charge is 0.481 e. The minimum Gasteiger partial charge on any atom is -0.481 e. The van der Waals surface area contributed by atoms with E-state index >= 15 is 0 Å². The Balaban J connectivity index is 2.90. The number of rotatable bonds is 5. The Kier molecular flexibility index (Phi) is 4.76. The van der Waals surface area contributed by atoms with Gasteiger partial charge in [-0.3, -0.25) is 4.79 Å². The third-order valence-corrected chi connectivity index (χ3v) is 2.78. The van der Waals surface area contributed by atoms with Crippen molar-refractivity contribution in [1.82, 2.24) is 0 Å². The molecule has 100 valence electrons. The molecule has 2 nitrogen and oxygen atoms in total. The van der Waals surface area contributed by atoms with Gasteiger partial charge in [-0.15, -0.1) is 0 Å². The molecule has 0 saturated carbocycles. The van der Waals surface area contributed by atoms with Crippen LogP contribution in [-0.2, 0) is 11.0 Å². The van der Waals surface area contributed by atoms with Crippen molar-refractivity contribution in [2.45, 2.75) is 38.3 Å². The Morgan fingerprint density at radius 3 is 2.22 bits per heavy atom. The van der Waals surface area contributed by atoms with E-state index < -0.39 is 23.6 Å². The van der Waals surface area contributed by atoms with Crippen LogP contribution in [0.2, 0.25) is 0 Å². The molecule has 0 saturated heterocycles. The molecule has 0 fully saturated rings. The summed E-state index contributed by atoms with van der Waals surface area (Å²) in [5, 5.41) is 9.06. The lowest BCUT2D eigenvalue weighted by Gasteiger charge is -2.13. The number of hydrogen-bond acceptors (Lipinski definition) is 1. The summed E-state index contributed by atoms with van der Waals surface area (Å²) in [6.07, 6.45) is -2.36. The number of carboxylic acids is 1. The van der Waals surface area contributed by atoms with E-state index in [1.165, 1.54) is 12.1 Å². The van der Waals surface area contributed by atoms with Gasteiger partial charge in [0.2, 0.25) is 0 Å². The second kappa shape index (κ2) is 5.89. The first kappa shape index (κ1) is 14.5. The summed E-state index contributed by atoms with van der Waals surface area (Å²) in [5.41, 5.74) is -0.338. The summed E-state index contributed by atoms with van der Waals surface area (Å²) >= 11 is 0. The number of unbranched alkanes of at least 4 members (excludes halogenated alkanes) is 1. The molecule has 0 aromatic heterocycles. The van der Waals surface area contributed by atoms with Crippen molar-refractivity contribution in [3.63, 3.8) is 0 Å². The second-order valence-electron chi connectivity index (χ2n) is 4.15. The third kappa shape index (κ3) is 3.75. The van der Waals surface area contributed by atoms with Crippen LogP contribution in [-0.4, -0.2) is 11.1 Å². The first-order valence-electron chi connectivity index (χ1n) is 5.76. The molecular formula is C13H15F3O2. The van der Waals surface area contributed by atoms with Crippen molar-refractivity contribution >= 4 is 5.97 Å². The Bertz CT molecular complexity index is 396. The molecule has 0 aliphatic carbocycles. The van der Waals surface area contributed by atoms with Gasteiger partial charge < -0.3 is 5.11 Å². The summed E-state index contributed by atoms with van der Waals surface area (Å²) in [7, 11) is 0. The van der Waals surface area contributed by atoms with Crippen LogP contribution in [0.3, 0.4) is 0 Å². The van der Waals surface area contributed by atoms with Crippen LogP contribution < -0.4 is 0 Å². The fourth-order valence-electron chi connectivity index (χ4n) is 1.75. The fraction of sp³-hybridized carbons (Fsp3) is 0.462. The van der Waals surface area contributed by atoms with Crippen molar-refractivity contribution in [3.8, 4) is 0 Å². The lowest BCUT2D eigenvalue weighted by atomic mass is 9.93. The molecule has 1 N–H and O–H groups in total. The van der Waals surface area contributed by atoms with Crippen molar-refractivity contribution < 1.29 is 23.1 Å². The van der Waals surface area contributed by atoms with Gasteiger partial charge >= 0.3 is 12.1 Å². The quantitative estimate of drug-likeness (QED) is 0.866. The Morgan fingerprint density at radius 1 is 1.28 bits per heavy atom. The SMILES string of the molecule is CCCCC(C(=O)O)c1ccc(C(F)(F)F)cc1. The highest BCUT2D eigenvalue weighted by molar-refractivity contribution is 5.76. The molecule has 0 amide bonds. The van der Waals surface area contributed by atoms with Crippen LogP contribution in [0.4, 0.5) is 13.2 Å². The van der Waals surface area contributed by atoms with E-state index in [-0.39, 0.29) is 0 Å². The first-order valence-corrected chi connectivity index (χ1v) is 5.76. The van der Waals surface area contributed by atoms with Crippen LogP contribution in [0.15, 0.2) is 24.3 Å². The maximum atomic E-state index is 12.4. The number of hydrogen-bond donors (Lipinski definition) is 1. The highest BCUT2D eigenvalue weighted by Crippen LogP contribution is 2.31. The van der Waals surface area contributed by atoms with Gasteiger partial charge in [0.25, 0.3) is 0 Å². The molecule has 0 radical (unpaired) electrons. The molecule has 0 aliphatic heterocycles. The molecule has 0 bridgehead atoms. The van der Waals surface area contributed by atoms with Crippen LogP contribution in [0, 0.1) is 0 Å². The maximum absolute atomic E-state index is 12.4. The fourth-order valence-corrected chi connectivity index (χ4v) is 1.75. The Labute approximate surface area is 103 Å². The van der Waals surface area contributed by atoms with Crippen LogP contribution >= 0.6 is 0 Å². The van der Waals surface area contributed by atoms with E-state index in [0.29, 0.717) is 12.0 Å². The van der Waals surface area contributed by atoms with Gasteiger partial charge in [-0.2, -0.15) is 13.2 Å². The van der Waals surface area contributed by atoms with Crippen molar-refractivity contribution in [2.75, 3.05) is 0 Å². The van der Waals surface area contributed by atoms with Gasteiger partial charge in [-0.1, -0.05) is 31.9 Å². The van der Waals surface area contributed by atoms with Gasteiger partial charge in [0.15, 0.2) is 0 Å². The van der Waals surface area contributed by atoms with Gasteiger partial charge in [0.1, 0.15) is 0 Å². The summed E-state index contributed by atoms with van der Waals surface area (Å²) in [6, 6.07) is 4.35. The normalized spacial score (nSPS) is 13.3. The van der Waals surface area contributed by atoms with Crippen molar-refractivity contribution in [3.05, 3.63) is 35.4 Å². The summed E-state index contributed by atoms with van der Waals surface area (Å²) in [5.74, 6) is -1.73. The Hall–Kier alpha value is -1.52. The van der Waals surface area contributed by atoms with Gasteiger partial charge in [0.05, 0.1) is 11.5 Å². The summed E-state index contributed by atoms with van der Waals surface area (Å²) < 4.78 is 37.1. The number of carboxylic acid groups (broad SMARTS) is 1. The monoisotopic (exact) mass is 260 g/mol.